The number of aromatic nitrogens is 1. The number of likely N-dealkylation sites (tertiary alicyclic amines) is 1. The number of carbonyl (C=O) groups is 1. The van der Waals surface area contributed by atoms with Gasteiger partial charge in [-0.25, -0.2) is 4.98 Å². The van der Waals surface area contributed by atoms with Crippen LogP contribution >= 0.6 is 11.3 Å². The number of benzene rings is 1. The fraction of sp³-hybridized carbons (Fsp3) is 0.375. The average molecular weight is 286 g/mol. The maximum absolute atomic E-state index is 12.1. The summed E-state index contributed by atoms with van der Waals surface area (Å²) < 4.78 is 1.16. The van der Waals surface area contributed by atoms with Crippen LogP contribution in [0.4, 0.5) is 0 Å². The normalized spacial score (nSPS) is 17.1. The zero-order chi connectivity index (χ0) is 13.9. The SMILES string of the molecule is CC1CCN(C(=O)C=Cc2nc3ccccc3s2)CC1. The van der Waals surface area contributed by atoms with E-state index in [0.717, 1.165) is 47.1 Å². The zero-order valence-electron chi connectivity index (χ0n) is 11.6. The second kappa shape index (κ2) is 5.75. The molecular formula is C16H18N2OS. The Morgan fingerprint density at radius 2 is 2.10 bits per heavy atom. The van der Waals surface area contributed by atoms with Gasteiger partial charge in [-0.1, -0.05) is 19.1 Å². The molecule has 20 heavy (non-hydrogen) atoms. The Morgan fingerprint density at radius 1 is 1.35 bits per heavy atom. The molecule has 3 rings (SSSR count). The number of nitrogens with zero attached hydrogens (tertiary/aromatic N) is 2. The maximum Gasteiger partial charge on any atom is 0.246 e. The van der Waals surface area contributed by atoms with E-state index >= 15 is 0 Å². The van der Waals surface area contributed by atoms with Crippen LogP contribution in [0.2, 0.25) is 0 Å². The largest absolute Gasteiger partial charge is 0.339 e. The van der Waals surface area contributed by atoms with E-state index in [1.807, 2.05) is 29.2 Å². The van der Waals surface area contributed by atoms with Gasteiger partial charge in [0, 0.05) is 19.2 Å². The molecule has 2 aromatic rings. The minimum Gasteiger partial charge on any atom is -0.339 e. The number of thiazole rings is 1. The molecule has 1 aliphatic heterocycles. The molecule has 0 bridgehead atoms. The monoisotopic (exact) mass is 286 g/mol. The van der Waals surface area contributed by atoms with Gasteiger partial charge in [0.15, 0.2) is 0 Å². The molecule has 1 aromatic carbocycles. The van der Waals surface area contributed by atoms with Crippen LogP contribution in [0.1, 0.15) is 24.8 Å². The molecule has 1 fully saturated rings. The smallest absolute Gasteiger partial charge is 0.246 e. The summed E-state index contributed by atoms with van der Waals surface area (Å²) in [5.74, 6) is 0.850. The number of hydrogen-bond donors (Lipinski definition) is 0. The Morgan fingerprint density at radius 3 is 2.85 bits per heavy atom. The lowest BCUT2D eigenvalue weighted by atomic mass is 9.99. The van der Waals surface area contributed by atoms with Crippen LogP contribution in [0.15, 0.2) is 30.3 Å². The molecule has 0 radical (unpaired) electrons. The van der Waals surface area contributed by atoms with Crippen LogP contribution in [0.25, 0.3) is 16.3 Å². The fourth-order valence-electron chi connectivity index (χ4n) is 2.44. The zero-order valence-corrected chi connectivity index (χ0v) is 12.4. The van der Waals surface area contributed by atoms with Crippen LogP contribution in [0, 0.1) is 5.92 Å². The summed E-state index contributed by atoms with van der Waals surface area (Å²) in [6.45, 7) is 4.01. The van der Waals surface area contributed by atoms with Gasteiger partial charge in [0.25, 0.3) is 0 Å². The molecule has 0 N–H and O–H groups in total. The van der Waals surface area contributed by atoms with Gasteiger partial charge in [-0.15, -0.1) is 11.3 Å². The summed E-state index contributed by atoms with van der Waals surface area (Å²) >= 11 is 1.62. The number of carbonyl (C=O) groups excluding carboxylic acids is 1. The fourth-order valence-corrected chi connectivity index (χ4v) is 3.31. The highest BCUT2D eigenvalue weighted by Gasteiger charge is 2.18. The molecule has 0 atom stereocenters. The number of para-hydroxylation sites is 1. The standard InChI is InChI=1S/C16H18N2OS/c1-12-8-10-18(11-9-12)16(19)7-6-15-17-13-4-2-3-5-14(13)20-15/h2-7,12H,8-11H2,1H3. The molecule has 0 spiro atoms. The number of amides is 1. The Bertz CT molecular complexity index is 606. The van der Waals surface area contributed by atoms with E-state index in [9.17, 15) is 4.79 Å². The van der Waals surface area contributed by atoms with Crippen molar-refractivity contribution in [3.63, 3.8) is 0 Å². The summed E-state index contributed by atoms with van der Waals surface area (Å²) in [5.41, 5.74) is 0.997. The second-order valence-electron chi connectivity index (χ2n) is 5.36. The molecular weight excluding hydrogens is 268 g/mol. The van der Waals surface area contributed by atoms with Crippen molar-refractivity contribution in [1.82, 2.24) is 9.88 Å². The van der Waals surface area contributed by atoms with Crippen molar-refractivity contribution in [3.05, 3.63) is 35.3 Å². The summed E-state index contributed by atoms with van der Waals surface area (Å²) in [5, 5.41) is 0.893. The third kappa shape index (κ3) is 2.90. The predicted octanol–water partition coefficient (Wildman–Crippen LogP) is 3.57. The van der Waals surface area contributed by atoms with Gasteiger partial charge in [-0.3, -0.25) is 4.79 Å². The van der Waals surface area contributed by atoms with Crippen molar-refractivity contribution in [2.75, 3.05) is 13.1 Å². The Kier molecular flexibility index (Phi) is 3.83. The van der Waals surface area contributed by atoms with E-state index in [4.69, 9.17) is 0 Å². The lowest BCUT2D eigenvalue weighted by molar-refractivity contribution is -0.127. The van der Waals surface area contributed by atoms with Crippen molar-refractivity contribution >= 4 is 33.5 Å². The number of hydrogen-bond acceptors (Lipinski definition) is 3. The number of fused-ring (bicyclic) bond motifs is 1. The molecule has 4 heteroatoms. The van der Waals surface area contributed by atoms with Gasteiger partial charge < -0.3 is 4.90 Å². The van der Waals surface area contributed by atoms with Crippen LogP contribution in [0.3, 0.4) is 0 Å². The summed E-state index contributed by atoms with van der Waals surface area (Å²) in [4.78, 5) is 18.5. The third-order valence-electron chi connectivity index (χ3n) is 3.77. The third-order valence-corrected chi connectivity index (χ3v) is 4.78. The van der Waals surface area contributed by atoms with E-state index in [2.05, 4.69) is 18.0 Å². The average Bonchev–Trinajstić information content (AvgIpc) is 2.88. The maximum atomic E-state index is 12.1. The molecule has 0 saturated carbocycles. The highest BCUT2D eigenvalue weighted by Crippen LogP contribution is 2.22. The molecule has 3 nitrogen and oxygen atoms in total. The summed E-state index contributed by atoms with van der Waals surface area (Å²) in [6, 6.07) is 8.04. The molecule has 1 aromatic heterocycles. The Balaban J connectivity index is 1.68. The van der Waals surface area contributed by atoms with Gasteiger partial charge in [-0.05, 0) is 37.0 Å². The lowest BCUT2D eigenvalue weighted by Gasteiger charge is -2.29. The van der Waals surface area contributed by atoms with E-state index in [1.54, 1.807) is 17.4 Å². The van der Waals surface area contributed by atoms with E-state index in [-0.39, 0.29) is 5.91 Å². The second-order valence-corrected chi connectivity index (χ2v) is 6.42. The molecule has 1 amide bonds. The van der Waals surface area contributed by atoms with Gasteiger partial charge in [0.2, 0.25) is 5.91 Å². The van der Waals surface area contributed by atoms with Gasteiger partial charge >= 0.3 is 0 Å². The molecule has 1 saturated heterocycles. The first-order valence-corrected chi connectivity index (χ1v) is 7.86. The van der Waals surface area contributed by atoms with E-state index in [0.29, 0.717) is 0 Å². The van der Waals surface area contributed by atoms with Gasteiger partial charge in [0.1, 0.15) is 5.01 Å². The minimum absolute atomic E-state index is 0.108. The number of piperidine rings is 1. The molecule has 1 aliphatic rings. The lowest BCUT2D eigenvalue weighted by Crippen LogP contribution is -2.36. The van der Waals surface area contributed by atoms with Gasteiger partial charge in [-0.2, -0.15) is 0 Å². The van der Waals surface area contributed by atoms with Gasteiger partial charge in [0.05, 0.1) is 10.2 Å². The summed E-state index contributed by atoms with van der Waals surface area (Å²) in [6.07, 6.45) is 5.72. The topological polar surface area (TPSA) is 33.2 Å². The Labute approximate surface area is 122 Å². The van der Waals surface area contributed by atoms with Crippen LogP contribution in [-0.2, 0) is 4.79 Å². The quantitative estimate of drug-likeness (QED) is 0.791. The van der Waals surface area contributed by atoms with Crippen molar-refractivity contribution in [2.24, 2.45) is 5.92 Å². The van der Waals surface area contributed by atoms with E-state index < -0.39 is 0 Å². The first-order valence-electron chi connectivity index (χ1n) is 7.05. The van der Waals surface area contributed by atoms with Crippen LogP contribution < -0.4 is 0 Å². The van der Waals surface area contributed by atoms with Crippen molar-refractivity contribution in [1.29, 1.82) is 0 Å². The highest BCUT2D eigenvalue weighted by molar-refractivity contribution is 7.19. The predicted molar refractivity (Wildman–Crippen MR) is 83.6 cm³/mol. The van der Waals surface area contributed by atoms with Crippen LogP contribution in [-0.4, -0.2) is 28.9 Å². The molecule has 2 heterocycles. The van der Waals surface area contributed by atoms with Crippen LogP contribution in [0.5, 0.6) is 0 Å². The van der Waals surface area contributed by atoms with Crippen molar-refractivity contribution in [3.8, 4) is 0 Å². The molecule has 0 unspecified atom stereocenters. The first kappa shape index (κ1) is 13.3. The van der Waals surface area contributed by atoms with Crippen molar-refractivity contribution in [2.45, 2.75) is 19.8 Å². The molecule has 0 aliphatic carbocycles. The van der Waals surface area contributed by atoms with Crippen molar-refractivity contribution < 1.29 is 4.79 Å². The molecule has 104 valence electrons. The Hall–Kier alpha value is -1.68. The van der Waals surface area contributed by atoms with E-state index in [1.165, 1.54) is 0 Å². The summed E-state index contributed by atoms with van der Waals surface area (Å²) in [7, 11) is 0. The minimum atomic E-state index is 0.108. The highest BCUT2D eigenvalue weighted by atomic mass is 32.1. The number of rotatable bonds is 2. The first-order chi connectivity index (χ1) is 9.72.